The van der Waals surface area contributed by atoms with Crippen LogP contribution >= 0.6 is 0 Å². The molecule has 0 aromatic carbocycles. The lowest BCUT2D eigenvalue weighted by Crippen LogP contribution is -2.47. The number of nitrogens with zero attached hydrogens (tertiary/aromatic N) is 2. The van der Waals surface area contributed by atoms with E-state index in [0.29, 0.717) is 6.04 Å². The summed E-state index contributed by atoms with van der Waals surface area (Å²) in [5.74, 6) is -0.150. The van der Waals surface area contributed by atoms with Crippen molar-refractivity contribution in [2.24, 2.45) is 0 Å². The van der Waals surface area contributed by atoms with Crippen LogP contribution in [0.4, 0.5) is 0 Å². The van der Waals surface area contributed by atoms with E-state index in [1.807, 2.05) is 6.92 Å². The third kappa shape index (κ3) is 5.47. The number of methoxy groups -OCH3 is 1. The highest BCUT2D eigenvalue weighted by atomic mass is 16.5. The molecule has 0 aromatic heterocycles. The zero-order chi connectivity index (χ0) is 14.3. The van der Waals surface area contributed by atoms with Gasteiger partial charge in [0.25, 0.3) is 0 Å². The van der Waals surface area contributed by atoms with Gasteiger partial charge in [-0.15, -0.1) is 0 Å². The summed E-state index contributed by atoms with van der Waals surface area (Å²) in [6, 6.07) is 0.471. The van der Waals surface area contributed by atoms with Crippen LogP contribution in [-0.2, 0) is 9.53 Å². The third-order valence-electron chi connectivity index (χ3n) is 3.88. The first-order valence-corrected chi connectivity index (χ1v) is 7.28. The lowest BCUT2D eigenvalue weighted by molar-refractivity contribution is -0.143. The normalized spacial score (nSPS) is 22.5. The Morgan fingerprint density at radius 1 is 1.53 bits per heavy atom. The zero-order valence-corrected chi connectivity index (χ0v) is 12.8. The Balaban J connectivity index is 2.38. The molecule has 0 aromatic rings. The van der Waals surface area contributed by atoms with E-state index in [2.05, 4.69) is 29.2 Å². The average Bonchev–Trinajstić information content (AvgIpc) is 2.42. The molecular formula is C14H29N3O2. The largest absolute Gasteiger partial charge is 0.468 e. The number of piperidine rings is 1. The maximum atomic E-state index is 11.6. The monoisotopic (exact) mass is 271 g/mol. The summed E-state index contributed by atoms with van der Waals surface area (Å²) in [6.45, 7) is 6.01. The first-order chi connectivity index (χ1) is 9.08. The van der Waals surface area contributed by atoms with Crippen LogP contribution in [0.3, 0.4) is 0 Å². The molecule has 5 nitrogen and oxygen atoms in total. The number of rotatable bonds is 7. The Hall–Kier alpha value is -0.650. The molecule has 0 spiro atoms. The van der Waals surface area contributed by atoms with Gasteiger partial charge in [0, 0.05) is 19.1 Å². The molecule has 5 heteroatoms. The maximum Gasteiger partial charge on any atom is 0.322 e. The molecule has 0 amide bonds. The number of esters is 1. The molecule has 0 saturated carbocycles. The maximum absolute atomic E-state index is 11.6. The number of nitrogens with one attached hydrogen (secondary N) is 1. The highest BCUT2D eigenvalue weighted by Crippen LogP contribution is 2.14. The minimum absolute atomic E-state index is 0.150. The molecule has 1 N–H and O–H groups in total. The SMILES string of the molecule is CCNC(CCN1CCCC(N(C)C)C1)C(=O)OC. The summed E-state index contributed by atoms with van der Waals surface area (Å²) < 4.78 is 4.84. The van der Waals surface area contributed by atoms with E-state index in [1.165, 1.54) is 20.0 Å². The quantitative estimate of drug-likeness (QED) is 0.685. The Bertz CT molecular complexity index is 271. The summed E-state index contributed by atoms with van der Waals surface area (Å²) in [4.78, 5) is 16.4. The van der Waals surface area contributed by atoms with Crippen LogP contribution in [0.1, 0.15) is 26.2 Å². The molecule has 0 bridgehead atoms. The van der Waals surface area contributed by atoms with Gasteiger partial charge in [-0.2, -0.15) is 0 Å². The number of likely N-dealkylation sites (N-methyl/N-ethyl adjacent to an activating group) is 2. The summed E-state index contributed by atoms with van der Waals surface area (Å²) >= 11 is 0. The van der Waals surface area contributed by atoms with Gasteiger partial charge in [0.1, 0.15) is 6.04 Å². The third-order valence-corrected chi connectivity index (χ3v) is 3.88. The second kappa shape index (κ2) is 8.51. The van der Waals surface area contributed by atoms with Gasteiger partial charge in [0.2, 0.25) is 0 Å². The molecule has 2 unspecified atom stereocenters. The standard InChI is InChI=1S/C14H29N3O2/c1-5-15-13(14(18)19-4)8-10-17-9-6-7-12(11-17)16(2)3/h12-13,15H,5-11H2,1-4H3. The van der Waals surface area contributed by atoms with Gasteiger partial charge in [0.15, 0.2) is 0 Å². The number of likely N-dealkylation sites (tertiary alicyclic amines) is 1. The van der Waals surface area contributed by atoms with E-state index in [4.69, 9.17) is 4.74 Å². The van der Waals surface area contributed by atoms with Crippen molar-refractivity contribution in [1.82, 2.24) is 15.1 Å². The van der Waals surface area contributed by atoms with Crippen LogP contribution in [0, 0.1) is 0 Å². The number of hydrogen-bond acceptors (Lipinski definition) is 5. The Morgan fingerprint density at radius 2 is 2.26 bits per heavy atom. The molecule has 19 heavy (non-hydrogen) atoms. The van der Waals surface area contributed by atoms with Crippen LogP contribution in [0.5, 0.6) is 0 Å². The van der Waals surface area contributed by atoms with Crippen molar-refractivity contribution >= 4 is 5.97 Å². The fraction of sp³-hybridized carbons (Fsp3) is 0.929. The van der Waals surface area contributed by atoms with E-state index >= 15 is 0 Å². The Labute approximate surface area is 117 Å². The number of carbonyl (C=O) groups is 1. The van der Waals surface area contributed by atoms with Crippen molar-refractivity contribution in [3.8, 4) is 0 Å². The topological polar surface area (TPSA) is 44.8 Å². The smallest absolute Gasteiger partial charge is 0.322 e. The molecule has 1 heterocycles. The summed E-state index contributed by atoms with van der Waals surface area (Å²) in [5, 5.41) is 3.20. The molecule has 2 atom stereocenters. The predicted octanol–water partition coefficient (Wildman–Crippen LogP) is 0.554. The van der Waals surface area contributed by atoms with Gasteiger partial charge >= 0.3 is 5.97 Å². The van der Waals surface area contributed by atoms with E-state index in [9.17, 15) is 4.79 Å². The van der Waals surface area contributed by atoms with Gasteiger partial charge in [-0.25, -0.2) is 0 Å². The number of carbonyl (C=O) groups excluding carboxylic acids is 1. The molecule has 1 aliphatic rings. The Kier molecular flexibility index (Phi) is 7.34. The van der Waals surface area contributed by atoms with Gasteiger partial charge in [-0.3, -0.25) is 4.79 Å². The van der Waals surface area contributed by atoms with Gasteiger partial charge in [0.05, 0.1) is 7.11 Å². The molecule has 1 saturated heterocycles. The highest BCUT2D eigenvalue weighted by Gasteiger charge is 2.23. The number of hydrogen-bond donors (Lipinski definition) is 1. The van der Waals surface area contributed by atoms with E-state index in [-0.39, 0.29) is 12.0 Å². The van der Waals surface area contributed by atoms with Gasteiger partial charge in [-0.1, -0.05) is 6.92 Å². The highest BCUT2D eigenvalue weighted by molar-refractivity contribution is 5.75. The fourth-order valence-electron chi connectivity index (χ4n) is 2.66. The van der Waals surface area contributed by atoms with Gasteiger partial charge < -0.3 is 19.9 Å². The van der Waals surface area contributed by atoms with Crippen molar-refractivity contribution in [2.75, 3.05) is 47.4 Å². The van der Waals surface area contributed by atoms with Crippen molar-refractivity contribution < 1.29 is 9.53 Å². The van der Waals surface area contributed by atoms with Crippen molar-refractivity contribution in [3.63, 3.8) is 0 Å². The zero-order valence-electron chi connectivity index (χ0n) is 12.8. The number of ether oxygens (including phenoxy) is 1. The van der Waals surface area contributed by atoms with E-state index < -0.39 is 0 Å². The van der Waals surface area contributed by atoms with E-state index in [0.717, 1.165) is 32.6 Å². The lowest BCUT2D eigenvalue weighted by atomic mass is 10.0. The van der Waals surface area contributed by atoms with Crippen LogP contribution in [0.25, 0.3) is 0 Å². The van der Waals surface area contributed by atoms with E-state index in [1.54, 1.807) is 0 Å². The molecule has 112 valence electrons. The van der Waals surface area contributed by atoms with Crippen LogP contribution in [0.15, 0.2) is 0 Å². The van der Waals surface area contributed by atoms with Crippen molar-refractivity contribution in [2.45, 2.75) is 38.3 Å². The van der Waals surface area contributed by atoms with Crippen molar-refractivity contribution in [3.05, 3.63) is 0 Å². The van der Waals surface area contributed by atoms with Gasteiger partial charge in [-0.05, 0) is 46.4 Å². The van der Waals surface area contributed by atoms with Crippen LogP contribution < -0.4 is 5.32 Å². The van der Waals surface area contributed by atoms with Crippen LogP contribution in [-0.4, -0.2) is 75.2 Å². The molecular weight excluding hydrogens is 242 g/mol. The fourth-order valence-corrected chi connectivity index (χ4v) is 2.66. The average molecular weight is 271 g/mol. The van der Waals surface area contributed by atoms with Crippen LogP contribution in [0.2, 0.25) is 0 Å². The molecule has 0 aliphatic carbocycles. The minimum Gasteiger partial charge on any atom is -0.468 e. The first-order valence-electron chi connectivity index (χ1n) is 7.28. The van der Waals surface area contributed by atoms with Crippen molar-refractivity contribution in [1.29, 1.82) is 0 Å². The molecule has 1 aliphatic heterocycles. The molecule has 1 fully saturated rings. The predicted molar refractivity (Wildman–Crippen MR) is 77.2 cm³/mol. The lowest BCUT2D eigenvalue weighted by Gasteiger charge is -2.36. The second-order valence-electron chi connectivity index (χ2n) is 5.48. The summed E-state index contributed by atoms with van der Waals surface area (Å²) in [5.41, 5.74) is 0. The second-order valence-corrected chi connectivity index (χ2v) is 5.48. The summed E-state index contributed by atoms with van der Waals surface area (Å²) in [7, 11) is 5.74. The Morgan fingerprint density at radius 3 is 2.84 bits per heavy atom. The summed E-state index contributed by atoms with van der Waals surface area (Å²) in [6.07, 6.45) is 3.34. The first kappa shape index (κ1) is 16.4. The molecule has 1 rings (SSSR count). The minimum atomic E-state index is -0.172. The molecule has 0 radical (unpaired) electrons.